The molecule has 0 bridgehead atoms. The quantitative estimate of drug-likeness (QED) is 0.723. The molecule has 0 saturated heterocycles. The molecule has 0 radical (unpaired) electrons. The molecular weight excluding hydrogens is 158 g/mol. The first kappa shape index (κ1) is 5.30. The predicted octanol–water partition coefficient (Wildman–Crippen LogP) is 1.39. The molecule has 0 aromatic carbocycles. The molecule has 0 spiro atoms. The second kappa shape index (κ2) is 4.49. The van der Waals surface area contributed by atoms with Crippen LogP contribution in [0.25, 0.3) is 0 Å². The molecule has 1 aromatic rings. The SMILES string of the molecule is [2H]C([2H])([2H])NCC[C@H](O)c1cccs1. The van der Waals surface area contributed by atoms with Crippen molar-refractivity contribution >= 4 is 11.3 Å². The lowest BCUT2D eigenvalue weighted by Crippen LogP contribution is -2.11. The molecule has 0 aliphatic heterocycles. The number of aliphatic hydroxyl groups excluding tert-OH is 1. The third-order valence-corrected chi connectivity index (χ3v) is 2.39. The van der Waals surface area contributed by atoms with Crippen LogP contribution in [0.4, 0.5) is 0 Å². The maximum Gasteiger partial charge on any atom is 0.0894 e. The molecule has 2 nitrogen and oxygen atoms in total. The van der Waals surface area contributed by atoms with E-state index in [9.17, 15) is 5.11 Å². The maximum absolute atomic E-state index is 9.59. The van der Waals surface area contributed by atoms with E-state index in [1.807, 2.05) is 17.5 Å². The Balaban J connectivity index is 2.26. The molecule has 1 heterocycles. The monoisotopic (exact) mass is 174 g/mol. The molecule has 2 N–H and O–H groups in total. The Morgan fingerprint density at radius 3 is 3.45 bits per heavy atom. The Morgan fingerprint density at radius 1 is 1.91 bits per heavy atom. The number of hydrogen-bond acceptors (Lipinski definition) is 3. The van der Waals surface area contributed by atoms with E-state index in [0.717, 1.165) is 4.88 Å². The number of hydrogen-bond donors (Lipinski definition) is 2. The molecule has 1 atom stereocenters. The third kappa shape index (κ3) is 2.61. The summed E-state index contributed by atoms with van der Waals surface area (Å²) in [5.74, 6) is 0. The Morgan fingerprint density at radius 2 is 2.82 bits per heavy atom. The summed E-state index contributed by atoms with van der Waals surface area (Å²) in [6, 6.07) is 3.70. The van der Waals surface area contributed by atoms with Gasteiger partial charge < -0.3 is 10.4 Å². The minimum Gasteiger partial charge on any atom is -0.388 e. The number of thiophene rings is 1. The smallest absolute Gasteiger partial charge is 0.0894 e. The highest BCUT2D eigenvalue weighted by Crippen LogP contribution is 2.20. The third-order valence-electron chi connectivity index (χ3n) is 1.41. The topological polar surface area (TPSA) is 32.3 Å². The second-order valence-corrected chi connectivity index (χ2v) is 3.23. The van der Waals surface area contributed by atoms with Crippen molar-refractivity contribution in [3.63, 3.8) is 0 Å². The van der Waals surface area contributed by atoms with Crippen molar-refractivity contribution in [2.24, 2.45) is 0 Å². The van der Waals surface area contributed by atoms with E-state index in [1.54, 1.807) is 0 Å². The van der Waals surface area contributed by atoms with Crippen LogP contribution >= 0.6 is 11.3 Å². The molecule has 11 heavy (non-hydrogen) atoms. The van der Waals surface area contributed by atoms with Crippen LogP contribution in [0.2, 0.25) is 0 Å². The van der Waals surface area contributed by atoms with E-state index in [0.29, 0.717) is 6.42 Å². The van der Waals surface area contributed by atoms with Crippen molar-refractivity contribution in [1.29, 1.82) is 0 Å². The van der Waals surface area contributed by atoms with Gasteiger partial charge in [0.2, 0.25) is 0 Å². The van der Waals surface area contributed by atoms with Gasteiger partial charge in [-0.15, -0.1) is 11.3 Å². The summed E-state index contributed by atoms with van der Waals surface area (Å²) < 4.78 is 20.7. The van der Waals surface area contributed by atoms with Crippen LogP contribution in [0.5, 0.6) is 0 Å². The van der Waals surface area contributed by atoms with Crippen molar-refractivity contribution in [1.82, 2.24) is 5.32 Å². The van der Waals surface area contributed by atoms with E-state index < -0.39 is 13.1 Å². The molecule has 62 valence electrons. The van der Waals surface area contributed by atoms with Gasteiger partial charge >= 0.3 is 0 Å². The molecule has 0 aliphatic carbocycles. The molecule has 3 heteroatoms. The molecule has 1 aromatic heterocycles. The molecular formula is C8H13NOS. The van der Waals surface area contributed by atoms with E-state index in [-0.39, 0.29) is 6.54 Å². The van der Waals surface area contributed by atoms with Gasteiger partial charge in [-0.1, -0.05) is 6.07 Å². The lowest BCUT2D eigenvalue weighted by Gasteiger charge is -2.06. The van der Waals surface area contributed by atoms with Crippen molar-refractivity contribution in [3.8, 4) is 0 Å². The van der Waals surface area contributed by atoms with Gasteiger partial charge in [0.1, 0.15) is 0 Å². The van der Waals surface area contributed by atoms with Gasteiger partial charge in [-0.25, -0.2) is 0 Å². The van der Waals surface area contributed by atoms with Crippen molar-refractivity contribution in [2.45, 2.75) is 12.5 Å². The normalized spacial score (nSPS) is 18.5. The van der Waals surface area contributed by atoms with E-state index in [1.165, 1.54) is 11.3 Å². The first-order valence-corrected chi connectivity index (χ1v) is 4.33. The molecule has 0 unspecified atom stereocenters. The molecule has 0 amide bonds. The maximum atomic E-state index is 9.59. The molecule has 1 rings (SSSR count). The van der Waals surface area contributed by atoms with Crippen LogP contribution in [0.1, 0.15) is 21.5 Å². The summed E-state index contributed by atoms with van der Waals surface area (Å²) >= 11 is 1.47. The molecule has 0 aliphatic rings. The van der Waals surface area contributed by atoms with Crippen LogP contribution in [0, 0.1) is 0 Å². The summed E-state index contributed by atoms with van der Waals surface area (Å²) in [6.07, 6.45) is -0.149. The minimum absolute atomic E-state index is 0.287. The number of nitrogens with one attached hydrogen (secondary N) is 1. The van der Waals surface area contributed by atoms with Gasteiger partial charge in [0.05, 0.1) is 6.10 Å². The van der Waals surface area contributed by atoms with E-state index >= 15 is 0 Å². The average molecular weight is 174 g/mol. The summed E-state index contributed by atoms with van der Waals surface area (Å²) in [4.78, 5) is 0.873. The zero-order valence-corrected chi connectivity index (χ0v) is 6.90. The first-order chi connectivity index (χ1) is 6.49. The van der Waals surface area contributed by atoms with E-state index in [4.69, 9.17) is 4.11 Å². The van der Waals surface area contributed by atoms with Gasteiger partial charge in [0.25, 0.3) is 0 Å². The Bertz CT molecular complexity index is 260. The Kier molecular flexibility index (Phi) is 2.16. The standard InChI is InChI=1S/C8H13NOS/c1-9-5-4-7(10)8-3-2-6-11-8/h2-3,6-7,9-10H,4-5H2,1H3/t7-/m0/s1/i1D3. The van der Waals surface area contributed by atoms with Gasteiger partial charge in [-0.2, -0.15) is 0 Å². The summed E-state index contributed by atoms with van der Waals surface area (Å²) in [6.45, 7) is -1.83. The second-order valence-electron chi connectivity index (χ2n) is 2.25. The van der Waals surface area contributed by atoms with Crippen molar-refractivity contribution in [3.05, 3.63) is 22.4 Å². The summed E-state index contributed by atoms with van der Waals surface area (Å²) in [7, 11) is 0. The van der Waals surface area contributed by atoms with Crippen LogP contribution in [0.15, 0.2) is 17.5 Å². The summed E-state index contributed by atoms with van der Waals surface area (Å²) in [5.41, 5.74) is 0. The predicted molar refractivity (Wildman–Crippen MR) is 47.8 cm³/mol. The fraction of sp³-hybridized carbons (Fsp3) is 0.500. The van der Waals surface area contributed by atoms with E-state index in [2.05, 4.69) is 5.32 Å². The van der Waals surface area contributed by atoms with Crippen molar-refractivity contribution < 1.29 is 9.22 Å². The van der Waals surface area contributed by atoms with Gasteiger partial charge in [0.15, 0.2) is 0 Å². The van der Waals surface area contributed by atoms with Crippen LogP contribution < -0.4 is 5.32 Å². The Hall–Kier alpha value is -0.380. The van der Waals surface area contributed by atoms with Crippen LogP contribution in [-0.2, 0) is 0 Å². The van der Waals surface area contributed by atoms with Crippen LogP contribution in [-0.4, -0.2) is 18.6 Å². The van der Waals surface area contributed by atoms with Crippen LogP contribution in [0.3, 0.4) is 0 Å². The van der Waals surface area contributed by atoms with Gasteiger partial charge in [0, 0.05) is 8.99 Å². The zero-order valence-electron chi connectivity index (χ0n) is 9.08. The summed E-state index contributed by atoms with van der Waals surface area (Å²) in [5, 5.41) is 13.8. The Labute approximate surface area is 75.1 Å². The van der Waals surface area contributed by atoms with Gasteiger partial charge in [-0.05, 0) is 31.4 Å². The number of aliphatic hydroxyl groups is 1. The first-order valence-electron chi connectivity index (χ1n) is 4.95. The van der Waals surface area contributed by atoms with Gasteiger partial charge in [-0.3, -0.25) is 0 Å². The van der Waals surface area contributed by atoms with Crippen molar-refractivity contribution in [2.75, 3.05) is 13.5 Å². The highest BCUT2D eigenvalue weighted by molar-refractivity contribution is 7.10. The largest absolute Gasteiger partial charge is 0.388 e. The fourth-order valence-electron chi connectivity index (χ4n) is 0.832. The molecule has 0 saturated carbocycles. The highest BCUT2D eigenvalue weighted by atomic mass is 32.1. The molecule has 0 fully saturated rings. The number of rotatable bonds is 4. The minimum atomic E-state index is -2.12. The average Bonchev–Trinajstić information content (AvgIpc) is 2.53. The lowest BCUT2D eigenvalue weighted by molar-refractivity contribution is 0.171. The fourth-order valence-corrected chi connectivity index (χ4v) is 1.58. The lowest BCUT2D eigenvalue weighted by atomic mass is 10.2. The zero-order chi connectivity index (χ0) is 10.6. The highest BCUT2D eigenvalue weighted by Gasteiger charge is 2.06.